The predicted molar refractivity (Wildman–Crippen MR) is 89.0 cm³/mol. The number of hydrogen-bond acceptors (Lipinski definition) is 2. The van der Waals surface area contributed by atoms with Crippen LogP contribution in [0.4, 0.5) is 26.3 Å². The lowest BCUT2D eigenvalue weighted by Crippen LogP contribution is -2.17. The van der Waals surface area contributed by atoms with Crippen LogP contribution in [0, 0.1) is 0 Å². The van der Waals surface area contributed by atoms with Gasteiger partial charge in [0.05, 0.1) is 28.5 Å². The minimum absolute atomic E-state index is 0.0166. The molecule has 0 bridgehead atoms. The van der Waals surface area contributed by atoms with E-state index in [1.54, 1.807) is 0 Å². The molecule has 0 atom stereocenters. The SMILES string of the molecule is O=C(NC=Cn1cnc2cc(C(F)(F)F)ccc21)c1ccc(C(F)(F)F)cc1. The maximum absolute atomic E-state index is 12.7. The normalized spacial score (nSPS) is 12.6. The fraction of sp³-hybridized carbons (Fsp3) is 0.111. The van der Waals surface area contributed by atoms with Crippen molar-refractivity contribution in [1.29, 1.82) is 0 Å². The van der Waals surface area contributed by atoms with E-state index in [9.17, 15) is 31.1 Å². The van der Waals surface area contributed by atoms with Crippen LogP contribution < -0.4 is 5.32 Å². The third-order valence-electron chi connectivity index (χ3n) is 3.83. The molecule has 3 aromatic rings. The van der Waals surface area contributed by atoms with E-state index >= 15 is 0 Å². The number of nitrogens with zero attached hydrogens (tertiary/aromatic N) is 2. The van der Waals surface area contributed by atoms with Gasteiger partial charge in [-0.25, -0.2) is 4.98 Å². The van der Waals surface area contributed by atoms with Crippen molar-refractivity contribution < 1.29 is 31.1 Å². The van der Waals surface area contributed by atoms with E-state index in [1.165, 1.54) is 29.4 Å². The molecule has 3 rings (SSSR count). The lowest BCUT2D eigenvalue weighted by Gasteiger charge is -2.07. The minimum Gasteiger partial charge on any atom is -0.327 e. The highest BCUT2D eigenvalue weighted by Gasteiger charge is 2.31. The Balaban J connectivity index is 1.71. The average Bonchev–Trinajstić information content (AvgIpc) is 3.03. The monoisotopic (exact) mass is 399 g/mol. The molecule has 4 nitrogen and oxygen atoms in total. The van der Waals surface area contributed by atoms with Crippen molar-refractivity contribution in [2.24, 2.45) is 0 Å². The third-order valence-corrected chi connectivity index (χ3v) is 3.83. The summed E-state index contributed by atoms with van der Waals surface area (Å²) in [5.41, 5.74) is -1.18. The van der Waals surface area contributed by atoms with Gasteiger partial charge in [0.25, 0.3) is 5.91 Å². The molecule has 10 heteroatoms. The number of rotatable bonds is 3. The van der Waals surface area contributed by atoms with Crippen molar-refractivity contribution in [2.45, 2.75) is 12.4 Å². The van der Waals surface area contributed by atoms with Crippen molar-refractivity contribution in [1.82, 2.24) is 14.9 Å². The summed E-state index contributed by atoms with van der Waals surface area (Å²) < 4.78 is 77.1. The molecule has 1 N–H and O–H groups in total. The van der Waals surface area contributed by atoms with E-state index < -0.39 is 29.4 Å². The van der Waals surface area contributed by atoms with E-state index in [2.05, 4.69) is 10.3 Å². The first-order valence-electron chi connectivity index (χ1n) is 7.74. The number of imidazole rings is 1. The summed E-state index contributed by atoms with van der Waals surface area (Å²) >= 11 is 0. The summed E-state index contributed by atoms with van der Waals surface area (Å²) in [5.74, 6) is -0.645. The Morgan fingerprint density at radius 1 is 0.929 bits per heavy atom. The van der Waals surface area contributed by atoms with Crippen LogP contribution in [0.5, 0.6) is 0 Å². The number of amides is 1. The molecule has 1 heterocycles. The number of carbonyl (C=O) groups excluding carboxylic acids is 1. The van der Waals surface area contributed by atoms with Crippen LogP contribution in [0.25, 0.3) is 17.2 Å². The maximum atomic E-state index is 12.7. The van der Waals surface area contributed by atoms with E-state index in [0.29, 0.717) is 5.52 Å². The zero-order chi connectivity index (χ0) is 20.5. The molecule has 0 fully saturated rings. The number of benzene rings is 2. The number of fused-ring (bicyclic) bond motifs is 1. The molecule has 0 spiro atoms. The van der Waals surface area contributed by atoms with Gasteiger partial charge >= 0.3 is 12.4 Å². The average molecular weight is 399 g/mol. The van der Waals surface area contributed by atoms with Crippen molar-refractivity contribution in [2.75, 3.05) is 0 Å². The molecule has 0 saturated heterocycles. The molecule has 0 saturated carbocycles. The van der Waals surface area contributed by atoms with E-state index in [1.807, 2.05) is 0 Å². The van der Waals surface area contributed by atoms with Crippen LogP contribution >= 0.6 is 0 Å². The number of aromatic nitrogens is 2. The van der Waals surface area contributed by atoms with Gasteiger partial charge in [-0.2, -0.15) is 26.3 Å². The smallest absolute Gasteiger partial charge is 0.327 e. The van der Waals surface area contributed by atoms with E-state index in [4.69, 9.17) is 0 Å². The van der Waals surface area contributed by atoms with Gasteiger partial charge in [-0.1, -0.05) is 0 Å². The molecule has 28 heavy (non-hydrogen) atoms. The Morgan fingerprint density at radius 2 is 1.54 bits per heavy atom. The topological polar surface area (TPSA) is 46.9 Å². The first-order valence-corrected chi connectivity index (χ1v) is 7.74. The Morgan fingerprint density at radius 3 is 2.14 bits per heavy atom. The molecule has 0 aliphatic heterocycles. The maximum Gasteiger partial charge on any atom is 0.416 e. The molecule has 0 unspecified atom stereocenters. The van der Waals surface area contributed by atoms with E-state index in [0.717, 1.165) is 36.4 Å². The second-order valence-corrected chi connectivity index (χ2v) is 5.72. The standard InChI is InChI=1S/C18H11F6N3O/c19-17(20,21)12-3-1-11(2-4-12)16(28)25-7-8-27-10-26-14-9-13(18(22,23)24)5-6-15(14)27/h1-10H,(H,25,28). The molecule has 146 valence electrons. The zero-order valence-corrected chi connectivity index (χ0v) is 13.8. The molecule has 1 amide bonds. The number of halogens is 6. The van der Waals surface area contributed by atoms with Gasteiger partial charge in [0.1, 0.15) is 0 Å². The number of nitrogens with one attached hydrogen (secondary N) is 1. The van der Waals surface area contributed by atoms with Crippen molar-refractivity contribution in [3.8, 4) is 0 Å². The summed E-state index contributed by atoms with van der Waals surface area (Å²) in [6.45, 7) is 0. The Kier molecular flexibility index (Phi) is 4.88. The largest absolute Gasteiger partial charge is 0.416 e. The Bertz CT molecular complexity index is 1030. The minimum atomic E-state index is -4.50. The van der Waals surface area contributed by atoms with Crippen LogP contribution in [0.1, 0.15) is 21.5 Å². The second-order valence-electron chi connectivity index (χ2n) is 5.72. The predicted octanol–water partition coefficient (Wildman–Crippen LogP) is 4.93. The first kappa shape index (κ1) is 19.5. The molecular formula is C18H11F6N3O. The summed E-state index contributed by atoms with van der Waals surface area (Å²) in [7, 11) is 0. The van der Waals surface area contributed by atoms with Gasteiger partial charge in [-0.05, 0) is 42.5 Å². The van der Waals surface area contributed by atoms with Crippen molar-refractivity contribution in [3.05, 3.63) is 71.7 Å². The first-order chi connectivity index (χ1) is 13.1. The van der Waals surface area contributed by atoms with Gasteiger partial charge in [-0.3, -0.25) is 4.79 Å². The quantitative estimate of drug-likeness (QED) is 0.635. The highest BCUT2D eigenvalue weighted by molar-refractivity contribution is 5.95. The number of hydrogen-bond donors (Lipinski definition) is 1. The highest BCUT2D eigenvalue weighted by atomic mass is 19.4. The lowest BCUT2D eigenvalue weighted by molar-refractivity contribution is -0.138. The summed E-state index contributed by atoms with van der Waals surface area (Å²) in [6, 6.07) is 6.72. The lowest BCUT2D eigenvalue weighted by atomic mass is 10.1. The summed E-state index contributed by atoms with van der Waals surface area (Å²) in [6.07, 6.45) is -5.15. The van der Waals surface area contributed by atoms with E-state index in [-0.39, 0.29) is 11.1 Å². The fourth-order valence-corrected chi connectivity index (χ4v) is 2.41. The van der Waals surface area contributed by atoms with Crippen molar-refractivity contribution >= 4 is 23.1 Å². The number of alkyl halides is 6. The molecule has 2 aromatic carbocycles. The van der Waals surface area contributed by atoms with Crippen LogP contribution in [0.2, 0.25) is 0 Å². The molecular weight excluding hydrogens is 388 g/mol. The molecule has 0 aliphatic carbocycles. The molecule has 0 aliphatic rings. The van der Waals surface area contributed by atoms with Crippen molar-refractivity contribution in [3.63, 3.8) is 0 Å². The second kappa shape index (κ2) is 7.02. The Labute approximate surface area is 154 Å². The van der Waals surface area contributed by atoms with Gasteiger partial charge in [0.2, 0.25) is 0 Å². The van der Waals surface area contributed by atoms with Crippen LogP contribution in [-0.2, 0) is 12.4 Å². The van der Waals surface area contributed by atoms with Gasteiger partial charge in [-0.15, -0.1) is 0 Å². The third kappa shape index (κ3) is 4.16. The molecule has 0 radical (unpaired) electrons. The number of carbonyl (C=O) groups is 1. The van der Waals surface area contributed by atoms with Gasteiger partial charge in [0, 0.05) is 18.0 Å². The van der Waals surface area contributed by atoms with Gasteiger partial charge in [0.15, 0.2) is 0 Å². The van der Waals surface area contributed by atoms with Gasteiger partial charge < -0.3 is 9.88 Å². The highest BCUT2D eigenvalue weighted by Crippen LogP contribution is 2.31. The van der Waals surface area contributed by atoms with Crippen LogP contribution in [-0.4, -0.2) is 15.5 Å². The van der Waals surface area contributed by atoms with Crippen LogP contribution in [0.3, 0.4) is 0 Å². The van der Waals surface area contributed by atoms with Crippen LogP contribution in [0.15, 0.2) is 55.0 Å². The Hall–Kier alpha value is -3.30. The zero-order valence-electron chi connectivity index (χ0n) is 13.8. The summed E-state index contributed by atoms with van der Waals surface area (Å²) in [4.78, 5) is 15.8. The summed E-state index contributed by atoms with van der Waals surface area (Å²) in [5, 5.41) is 2.37. The fourth-order valence-electron chi connectivity index (χ4n) is 2.41. The molecule has 1 aromatic heterocycles.